The number of hydrogen-bond donors (Lipinski definition) is 2. The first kappa shape index (κ1) is 16.6. The molecule has 0 bridgehead atoms. The van der Waals surface area contributed by atoms with Crippen LogP contribution in [0.15, 0.2) is 42.5 Å². The summed E-state index contributed by atoms with van der Waals surface area (Å²) in [5.74, 6) is 0.637. The Balaban J connectivity index is 1.46. The first-order valence-corrected chi connectivity index (χ1v) is 8.93. The molecule has 134 valence electrons. The number of carbonyl (C=O) groups excluding carboxylic acids is 2. The lowest BCUT2D eigenvalue weighted by molar-refractivity contribution is 0.0948. The fraction of sp³-hybridized carbons (Fsp3) is 0.300. The molecule has 0 spiro atoms. The lowest BCUT2D eigenvalue weighted by Crippen LogP contribution is -2.33. The van der Waals surface area contributed by atoms with Crippen LogP contribution in [0.1, 0.15) is 33.6 Å². The van der Waals surface area contributed by atoms with Gasteiger partial charge in [0, 0.05) is 18.7 Å². The summed E-state index contributed by atoms with van der Waals surface area (Å²) >= 11 is 0. The minimum atomic E-state index is -0.244. The van der Waals surface area contributed by atoms with Crippen molar-refractivity contribution in [1.29, 1.82) is 0 Å². The van der Waals surface area contributed by atoms with Gasteiger partial charge in [0.25, 0.3) is 11.8 Å². The highest BCUT2D eigenvalue weighted by molar-refractivity contribution is 6.08. The van der Waals surface area contributed by atoms with Gasteiger partial charge in [-0.3, -0.25) is 9.59 Å². The predicted molar refractivity (Wildman–Crippen MR) is 98.9 cm³/mol. The summed E-state index contributed by atoms with van der Waals surface area (Å²) in [6.45, 7) is 3.70. The summed E-state index contributed by atoms with van der Waals surface area (Å²) in [5.41, 5.74) is 1.47. The Kier molecular flexibility index (Phi) is 4.58. The zero-order valence-corrected chi connectivity index (χ0v) is 14.5. The van der Waals surface area contributed by atoms with Gasteiger partial charge in [-0.1, -0.05) is 12.1 Å². The van der Waals surface area contributed by atoms with Crippen LogP contribution in [-0.4, -0.2) is 42.9 Å². The van der Waals surface area contributed by atoms with Crippen molar-refractivity contribution in [2.75, 3.05) is 31.5 Å². The van der Waals surface area contributed by atoms with E-state index in [0.717, 1.165) is 19.6 Å². The predicted octanol–water partition coefficient (Wildman–Crippen LogP) is 2.87. The number of nitrogens with zero attached hydrogens (tertiary/aromatic N) is 1. The van der Waals surface area contributed by atoms with E-state index in [1.165, 1.54) is 12.8 Å². The first-order valence-electron chi connectivity index (χ1n) is 8.93. The third-order valence-corrected chi connectivity index (χ3v) is 4.75. The van der Waals surface area contributed by atoms with Gasteiger partial charge in [-0.05, 0) is 56.3 Å². The van der Waals surface area contributed by atoms with E-state index < -0.39 is 0 Å². The van der Waals surface area contributed by atoms with Crippen molar-refractivity contribution in [2.24, 2.45) is 0 Å². The molecule has 1 fully saturated rings. The largest absolute Gasteiger partial charge is 0.454 e. The molecule has 2 heterocycles. The molecule has 6 heteroatoms. The standard InChI is InChI=1S/C20H21N3O3/c24-19(21-9-12-23-10-3-4-11-23)14-7-8-18-16(13-14)22-20(25)15-5-1-2-6-17(15)26-18/h1-2,5-8,13H,3-4,9-12H2,(H,21,24)(H,22,25). The van der Waals surface area contributed by atoms with Crippen LogP contribution in [0.3, 0.4) is 0 Å². The number of carbonyl (C=O) groups is 2. The van der Waals surface area contributed by atoms with Gasteiger partial charge in [0.15, 0.2) is 5.75 Å². The number of benzene rings is 2. The third kappa shape index (κ3) is 3.41. The van der Waals surface area contributed by atoms with Gasteiger partial charge in [-0.25, -0.2) is 0 Å². The second kappa shape index (κ2) is 7.17. The van der Waals surface area contributed by atoms with Crippen molar-refractivity contribution in [1.82, 2.24) is 10.2 Å². The van der Waals surface area contributed by atoms with Gasteiger partial charge in [0.05, 0.1) is 11.3 Å². The number of nitrogens with one attached hydrogen (secondary N) is 2. The minimum absolute atomic E-state index is 0.150. The second-order valence-corrected chi connectivity index (χ2v) is 6.57. The normalized spacial score (nSPS) is 16.1. The molecule has 0 aliphatic carbocycles. The summed E-state index contributed by atoms with van der Waals surface area (Å²) in [7, 11) is 0. The number of ether oxygens (including phenoxy) is 1. The molecule has 2 aliphatic rings. The Morgan fingerprint density at radius 2 is 1.92 bits per heavy atom. The molecule has 2 N–H and O–H groups in total. The number of para-hydroxylation sites is 1. The van der Waals surface area contributed by atoms with Gasteiger partial charge in [-0.15, -0.1) is 0 Å². The van der Waals surface area contributed by atoms with Gasteiger partial charge >= 0.3 is 0 Å². The molecule has 1 saturated heterocycles. The quantitative estimate of drug-likeness (QED) is 0.889. The number of rotatable bonds is 4. The maximum Gasteiger partial charge on any atom is 0.259 e. The number of anilines is 1. The zero-order chi connectivity index (χ0) is 17.9. The van der Waals surface area contributed by atoms with E-state index in [-0.39, 0.29) is 11.8 Å². The Morgan fingerprint density at radius 1 is 1.12 bits per heavy atom. The molecule has 4 rings (SSSR count). The lowest BCUT2D eigenvalue weighted by atomic mass is 10.1. The van der Waals surface area contributed by atoms with Gasteiger partial charge in [0.2, 0.25) is 0 Å². The molecule has 0 radical (unpaired) electrons. The van der Waals surface area contributed by atoms with Crippen molar-refractivity contribution in [3.05, 3.63) is 53.6 Å². The number of likely N-dealkylation sites (tertiary alicyclic amines) is 1. The van der Waals surface area contributed by atoms with Crippen molar-refractivity contribution in [3.63, 3.8) is 0 Å². The zero-order valence-electron chi connectivity index (χ0n) is 14.5. The molecular formula is C20H21N3O3. The Bertz CT molecular complexity index is 844. The topological polar surface area (TPSA) is 70.7 Å². The number of fused-ring (bicyclic) bond motifs is 2. The fourth-order valence-corrected chi connectivity index (χ4v) is 3.35. The van der Waals surface area contributed by atoms with E-state index in [1.54, 1.807) is 36.4 Å². The fourth-order valence-electron chi connectivity index (χ4n) is 3.35. The van der Waals surface area contributed by atoms with Crippen LogP contribution in [-0.2, 0) is 0 Å². The molecule has 0 aromatic heterocycles. The highest BCUT2D eigenvalue weighted by atomic mass is 16.5. The minimum Gasteiger partial charge on any atom is -0.454 e. The lowest BCUT2D eigenvalue weighted by Gasteiger charge is -2.15. The number of amides is 2. The average molecular weight is 351 g/mol. The number of hydrogen-bond acceptors (Lipinski definition) is 4. The van der Waals surface area contributed by atoms with Crippen molar-refractivity contribution in [2.45, 2.75) is 12.8 Å². The Hall–Kier alpha value is -2.86. The summed E-state index contributed by atoms with van der Waals surface area (Å²) in [6, 6.07) is 12.2. The maximum absolute atomic E-state index is 12.4. The molecule has 26 heavy (non-hydrogen) atoms. The molecule has 2 aromatic carbocycles. The average Bonchev–Trinajstić information content (AvgIpc) is 3.12. The van der Waals surface area contributed by atoms with Crippen LogP contribution >= 0.6 is 0 Å². The highest BCUT2D eigenvalue weighted by Gasteiger charge is 2.21. The Labute approximate surface area is 152 Å². The summed E-state index contributed by atoms with van der Waals surface area (Å²) in [6.07, 6.45) is 2.47. The van der Waals surface area contributed by atoms with Crippen molar-refractivity contribution >= 4 is 17.5 Å². The van der Waals surface area contributed by atoms with E-state index in [2.05, 4.69) is 15.5 Å². The SMILES string of the molecule is O=C(NCCN1CCCC1)c1ccc2c(c1)NC(=O)c1ccccc1O2. The third-order valence-electron chi connectivity index (χ3n) is 4.75. The van der Waals surface area contributed by atoms with E-state index >= 15 is 0 Å². The summed E-state index contributed by atoms with van der Waals surface area (Å²) in [4.78, 5) is 27.1. The van der Waals surface area contributed by atoms with E-state index in [1.807, 2.05) is 6.07 Å². The van der Waals surface area contributed by atoms with Crippen LogP contribution in [0.4, 0.5) is 5.69 Å². The second-order valence-electron chi connectivity index (χ2n) is 6.57. The Morgan fingerprint density at radius 3 is 2.77 bits per heavy atom. The monoisotopic (exact) mass is 351 g/mol. The molecule has 0 unspecified atom stereocenters. The van der Waals surface area contributed by atoms with Crippen LogP contribution in [0.25, 0.3) is 0 Å². The summed E-state index contributed by atoms with van der Waals surface area (Å²) < 4.78 is 5.83. The molecule has 0 saturated carbocycles. The molecule has 2 aromatic rings. The molecule has 2 amide bonds. The molecule has 2 aliphatic heterocycles. The first-order chi connectivity index (χ1) is 12.7. The van der Waals surface area contributed by atoms with Crippen LogP contribution in [0.5, 0.6) is 11.5 Å². The van der Waals surface area contributed by atoms with E-state index in [9.17, 15) is 9.59 Å². The van der Waals surface area contributed by atoms with Gasteiger partial charge in [-0.2, -0.15) is 0 Å². The highest BCUT2D eigenvalue weighted by Crippen LogP contribution is 2.35. The molecule has 0 atom stereocenters. The van der Waals surface area contributed by atoms with Gasteiger partial charge in [0.1, 0.15) is 5.75 Å². The van der Waals surface area contributed by atoms with E-state index in [0.29, 0.717) is 34.9 Å². The van der Waals surface area contributed by atoms with Crippen molar-refractivity contribution in [3.8, 4) is 11.5 Å². The molecular weight excluding hydrogens is 330 g/mol. The maximum atomic E-state index is 12.4. The van der Waals surface area contributed by atoms with Crippen LogP contribution in [0.2, 0.25) is 0 Å². The van der Waals surface area contributed by atoms with Crippen molar-refractivity contribution < 1.29 is 14.3 Å². The molecule has 6 nitrogen and oxygen atoms in total. The van der Waals surface area contributed by atoms with Gasteiger partial charge < -0.3 is 20.3 Å². The smallest absolute Gasteiger partial charge is 0.259 e. The van der Waals surface area contributed by atoms with Crippen LogP contribution < -0.4 is 15.4 Å². The van der Waals surface area contributed by atoms with Crippen LogP contribution in [0, 0.1) is 0 Å². The summed E-state index contributed by atoms with van der Waals surface area (Å²) in [5, 5.41) is 5.77. The van der Waals surface area contributed by atoms with E-state index in [4.69, 9.17) is 4.74 Å².